The summed E-state index contributed by atoms with van der Waals surface area (Å²) in [6.45, 7) is 4.73. The van der Waals surface area contributed by atoms with Gasteiger partial charge in [-0.3, -0.25) is 4.79 Å². The van der Waals surface area contributed by atoms with Crippen molar-refractivity contribution in [1.82, 2.24) is 14.7 Å². The van der Waals surface area contributed by atoms with Crippen molar-refractivity contribution in [3.8, 4) is 0 Å². The number of rotatable bonds is 6. The third kappa shape index (κ3) is 5.09. The Morgan fingerprint density at radius 3 is 2.63 bits per heavy atom. The molecule has 0 spiro atoms. The van der Waals surface area contributed by atoms with Gasteiger partial charge in [0.25, 0.3) is 0 Å². The zero-order valence-electron chi connectivity index (χ0n) is 12.5. The molecule has 1 atom stereocenters. The Kier molecular flexibility index (Phi) is 5.19. The molecule has 0 unspecified atom stereocenters. The minimum atomic E-state index is 0.170. The molecule has 1 heterocycles. The first-order valence-corrected chi connectivity index (χ1v) is 7.27. The van der Waals surface area contributed by atoms with Crippen LogP contribution >= 0.6 is 0 Å². The number of morpholine rings is 1. The summed E-state index contributed by atoms with van der Waals surface area (Å²) < 4.78 is 5.79. The smallest absolute Gasteiger partial charge is 0.236 e. The van der Waals surface area contributed by atoms with Gasteiger partial charge < -0.3 is 19.4 Å². The first kappa shape index (κ1) is 14.8. The van der Waals surface area contributed by atoms with E-state index in [2.05, 4.69) is 11.9 Å². The molecule has 1 amide bonds. The predicted molar refractivity (Wildman–Crippen MR) is 75.1 cm³/mol. The lowest BCUT2D eigenvalue weighted by molar-refractivity contribution is -0.140. The Bertz CT molecular complexity index is 305. The monoisotopic (exact) mass is 269 g/mol. The van der Waals surface area contributed by atoms with Crippen molar-refractivity contribution in [2.45, 2.75) is 18.9 Å². The van der Waals surface area contributed by atoms with E-state index in [1.54, 1.807) is 0 Å². The normalized spacial score (nSPS) is 24.3. The maximum Gasteiger partial charge on any atom is 0.236 e. The average Bonchev–Trinajstić information content (AvgIpc) is 3.12. The van der Waals surface area contributed by atoms with Crippen molar-refractivity contribution in [1.29, 1.82) is 0 Å². The second kappa shape index (κ2) is 6.68. The summed E-state index contributed by atoms with van der Waals surface area (Å²) in [6.07, 6.45) is 2.93. The third-order valence-electron chi connectivity index (χ3n) is 3.73. The zero-order valence-corrected chi connectivity index (χ0v) is 12.5. The van der Waals surface area contributed by atoms with E-state index in [-0.39, 0.29) is 12.0 Å². The van der Waals surface area contributed by atoms with Gasteiger partial charge in [-0.2, -0.15) is 0 Å². The Balaban J connectivity index is 1.74. The highest BCUT2D eigenvalue weighted by Crippen LogP contribution is 2.29. The van der Waals surface area contributed by atoms with Gasteiger partial charge in [0.2, 0.25) is 5.91 Å². The van der Waals surface area contributed by atoms with Crippen LogP contribution in [0, 0.1) is 5.92 Å². The number of hydrogen-bond acceptors (Lipinski definition) is 4. The molecule has 1 aliphatic carbocycles. The van der Waals surface area contributed by atoms with Gasteiger partial charge in [-0.05, 0) is 39.9 Å². The van der Waals surface area contributed by atoms with E-state index in [1.807, 2.05) is 23.9 Å². The summed E-state index contributed by atoms with van der Waals surface area (Å²) in [5, 5.41) is 0. The lowest BCUT2D eigenvalue weighted by Gasteiger charge is -2.35. The van der Waals surface area contributed by atoms with Crippen LogP contribution in [-0.2, 0) is 9.53 Å². The summed E-state index contributed by atoms with van der Waals surface area (Å²) in [7, 11) is 6.01. The molecule has 5 heteroatoms. The molecule has 0 N–H and O–H groups in total. The van der Waals surface area contributed by atoms with E-state index in [4.69, 9.17) is 4.74 Å². The molecule has 2 fully saturated rings. The molecule has 1 aliphatic heterocycles. The van der Waals surface area contributed by atoms with Gasteiger partial charge >= 0.3 is 0 Å². The van der Waals surface area contributed by atoms with Crippen LogP contribution in [0.5, 0.6) is 0 Å². The number of nitrogens with zero attached hydrogens (tertiary/aromatic N) is 3. The molecule has 19 heavy (non-hydrogen) atoms. The minimum Gasteiger partial charge on any atom is -0.373 e. The van der Waals surface area contributed by atoms with Crippen molar-refractivity contribution in [3.63, 3.8) is 0 Å². The summed E-state index contributed by atoms with van der Waals surface area (Å²) in [6, 6.07) is 0. The van der Waals surface area contributed by atoms with Crippen molar-refractivity contribution in [2.24, 2.45) is 5.92 Å². The van der Waals surface area contributed by atoms with Gasteiger partial charge in [-0.25, -0.2) is 0 Å². The summed E-state index contributed by atoms with van der Waals surface area (Å²) in [5.74, 6) is 1.11. The SMILES string of the molecule is CN(C)CC(=O)N1CCO[C@H](CN(C)CC2CC2)C1. The van der Waals surface area contributed by atoms with E-state index < -0.39 is 0 Å². The summed E-state index contributed by atoms with van der Waals surface area (Å²) in [4.78, 5) is 18.3. The number of likely N-dealkylation sites (N-methyl/N-ethyl adjacent to an activating group) is 2. The van der Waals surface area contributed by atoms with Gasteiger partial charge in [0.15, 0.2) is 0 Å². The van der Waals surface area contributed by atoms with Crippen LogP contribution in [0.1, 0.15) is 12.8 Å². The van der Waals surface area contributed by atoms with Crippen LogP contribution in [0.3, 0.4) is 0 Å². The second-order valence-corrected chi connectivity index (χ2v) is 6.23. The largest absolute Gasteiger partial charge is 0.373 e. The number of carbonyl (C=O) groups is 1. The average molecular weight is 269 g/mol. The first-order chi connectivity index (χ1) is 9.04. The van der Waals surface area contributed by atoms with Crippen molar-refractivity contribution < 1.29 is 9.53 Å². The van der Waals surface area contributed by atoms with E-state index in [9.17, 15) is 4.79 Å². The van der Waals surface area contributed by atoms with Crippen LogP contribution in [0.25, 0.3) is 0 Å². The van der Waals surface area contributed by atoms with Gasteiger partial charge in [-0.1, -0.05) is 0 Å². The predicted octanol–water partition coefficient (Wildman–Crippen LogP) is 0.117. The molecule has 0 radical (unpaired) electrons. The second-order valence-electron chi connectivity index (χ2n) is 6.23. The lowest BCUT2D eigenvalue weighted by atomic mass is 10.2. The number of carbonyl (C=O) groups excluding carboxylic acids is 1. The van der Waals surface area contributed by atoms with Crippen molar-refractivity contribution in [3.05, 3.63) is 0 Å². The molecule has 0 aromatic carbocycles. The molecular formula is C14H27N3O2. The van der Waals surface area contributed by atoms with Gasteiger partial charge in [0, 0.05) is 26.2 Å². The Morgan fingerprint density at radius 1 is 1.26 bits per heavy atom. The molecule has 2 aliphatic rings. The number of amides is 1. The number of ether oxygens (including phenoxy) is 1. The van der Waals surface area contributed by atoms with E-state index in [0.717, 1.165) is 25.6 Å². The highest BCUT2D eigenvalue weighted by Gasteiger charge is 2.27. The molecule has 0 bridgehead atoms. The molecule has 0 aromatic rings. The quantitative estimate of drug-likeness (QED) is 0.686. The van der Waals surface area contributed by atoms with Crippen LogP contribution in [0.2, 0.25) is 0 Å². The first-order valence-electron chi connectivity index (χ1n) is 7.27. The fourth-order valence-electron chi connectivity index (χ4n) is 2.59. The molecule has 2 rings (SSSR count). The Morgan fingerprint density at radius 2 is 2.00 bits per heavy atom. The minimum absolute atomic E-state index is 0.170. The van der Waals surface area contributed by atoms with E-state index in [0.29, 0.717) is 13.2 Å². The Hall–Kier alpha value is -0.650. The topological polar surface area (TPSA) is 36.0 Å². The Labute approximate surface area is 116 Å². The number of hydrogen-bond donors (Lipinski definition) is 0. The van der Waals surface area contributed by atoms with E-state index in [1.165, 1.54) is 19.4 Å². The maximum atomic E-state index is 12.0. The van der Waals surface area contributed by atoms with E-state index >= 15 is 0 Å². The zero-order chi connectivity index (χ0) is 13.8. The van der Waals surface area contributed by atoms with Gasteiger partial charge in [0.1, 0.15) is 0 Å². The van der Waals surface area contributed by atoms with Crippen LogP contribution in [-0.4, -0.2) is 87.2 Å². The van der Waals surface area contributed by atoms with Crippen LogP contribution < -0.4 is 0 Å². The summed E-state index contributed by atoms with van der Waals surface area (Å²) in [5.41, 5.74) is 0. The highest BCUT2D eigenvalue weighted by atomic mass is 16.5. The molecule has 110 valence electrons. The van der Waals surface area contributed by atoms with Crippen molar-refractivity contribution in [2.75, 3.05) is 60.5 Å². The maximum absolute atomic E-state index is 12.0. The van der Waals surface area contributed by atoms with Crippen molar-refractivity contribution >= 4 is 5.91 Å². The van der Waals surface area contributed by atoms with Gasteiger partial charge in [0.05, 0.1) is 19.3 Å². The molecule has 1 saturated heterocycles. The highest BCUT2D eigenvalue weighted by molar-refractivity contribution is 5.78. The fourth-order valence-corrected chi connectivity index (χ4v) is 2.59. The van der Waals surface area contributed by atoms with Gasteiger partial charge in [-0.15, -0.1) is 0 Å². The summed E-state index contributed by atoms with van der Waals surface area (Å²) >= 11 is 0. The standard InChI is InChI=1S/C14H27N3O2/c1-15(2)11-14(18)17-6-7-19-13(10-17)9-16(3)8-12-4-5-12/h12-13H,4-11H2,1-3H3/t13-/m1/s1. The van der Waals surface area contributed by atoms with Crippen LogP contribution in [0.15, 0.2) is 0 Å². The van der Waals surface area contributed by atoms with Crippen LogP contribution in [0.4, 0.5) is 0 Å². The molecule has 0 aromatic heterocycles. The third-order valence-corrected chi connectivity index (χ3v) is 3.73. The molecule has 1 saturated carbocycles. The fraction of sp³-hybridized carbons (Fsp3) is 0.929. The lowest BCUT2D eigenvalue weighted by Crippen LogP contribution is -2.51. The molecular weight excluding hydrogens is 242 g/mol. The molecule has 5 nitrogen and oxygen atoms in total.